The molecule has 1 aromatic carbocycles. The zero-order valence-corrected chi connectivity index (χ0v) is 16.4. The lowest BCUT2D eigenvalue weighted by Crippen LogP contribution is -2.44. The SMILES string of the molecule is CCC1(CC)CN(C(C)(C)C)c2cccc(CNC3CCCC3)c21. The number of hydrogen-bond acceptors (Lipinski definition) is 2. The molecule has 2 aliphatic rings. The van der Waals surface area contributed by atoms with Crippen molar-refractivity contribution in [3.05, 3.63) is 29.3 Å². The second-order valence-electron chi connectivity index (χ2n) is 8.92. The van der Waals surface area contributed by atoms with E-state index in [1.165, 1.54) is 56.3 Å². The maximum Gasteiger partial charge on any atom is 0.0413 e. The highest BCUT2D eigenvalue weighted by molar-refractivity contribution is 5.67. The molecule has 3 rings (SSSR count). The summed E-state index contributed by atoms with van der Waals surface area (Å²) >= 11 is 0. The standard InChI is InChI=1S/C22H36N2/c1-6-22(7-2)16-24(21(3,4)5)19-14-10-11-17(20(19)22)15-23-18-12-8-9-13-18/h10-11,14,18,23H,6-9,12-13,15-16H2,1-5H3. The van der Waals surface area contributed by atoms with Crippen LogP contribution in [0.15, 0.2) is 18.2 Å². The molecular weight excluding hydrogens is 292 g/mol. The van der Waals surface area contributed by atoms with Crippen LogP contribution in [0.25, 0.3) is 0 Å². The summed E-state index contributed by atoms with van der Waals surface area (Å²) in [7, 11) is 0. The largest absolute Gasteiger partial charge is 0.366 e. The van der Waals surface area contributed by atoms with Gasteiger partial charge in [0, 0.05) is 35.8 Å². The predicted octanol–water partition coefficient (Wildman–Crippen LogP) is 5.40. The lowest BCUT2D eigenvalue weighted by molar-refractivity contribution is 0.384. The van der Waals surface area contributed by atoms with Crippen LogP contribution >= 0.6 is 0 Å². The van der Waals surface area contributed by atoms with Crippen molar-refractivity contribution in [3.63, 3.8) is 0 Å². The summed E-state index contributed by atoms with van der Waals surface area (Å²) in [6, 6.07) is 7.73. The topological polar surface area (TPSA) is 15.3 Å². The molecule has 0 aromatic heterocycles. The van der Waals surface area contributed by atoms with E-state index in [-0.39, 0.29) is 5.54 Å². The number of anilines is 1. The van der Waals surface area contributed by atoms with E-state index in [4.69, 9.17) is 0 Å². The van der Waals surface area contributed by atoms with E-state index in [1.54, 1.807) is 5.56 Å². The third kappa shape index (κ3) is 3.10. The highest BCUT2D eigenvalue weighted by atomic mass is 15.2. The maximum absolute atomic E-state index is 3.85. The molecule has 0 saturated heterocycles. The summed E-state index contributed by atoms with van der Waals surface area (Å²) < 4.78 is 0. The molecule has 0 unspecified atom stereocenters. The first kappa shape index (κ1) is 17.8. The number of fused-ring (bicyclic) bond motifs is 1. The fourth-order valence-corrected chi connectivity index (χ4v) is 4.85. The van der Waals surface area contributed by atoms with Crippen molar-refractivity contribution in [1.29, 1.82) is 0 Å². The van der Waals surface area contributed by atoms with Crippen LogP contribution in [0, 0.1) is 0 Å². The third-order valence-corrected chi connectivity index (χ3v) is 6.51. The molecule has 1 aromatic rings. The van der Waals surface area contributed by atoms with Gasteiger partial charge in [0.15, 0.2) is 0 Å². The van der Waals surface area contributed by atoms with Crippen LogP contribution < -0.4 is 10.2 Å². The summed E-state index contributed by atoms with van der Waals surface area (Å²) in [5, 5.41) is 3.85. The number of benzene rings is 1. The Morgan fingerprint density at radius 3 is 2.38 bits per heavy atom. The van der Waals surface area contributed by atoms with Crippen LogP contribution in [0.2, 0.25) is 0 Å². The van der Waals surface area contributed by atoms with E-state index in [0.29, 0.717) is 5.41 Å². The van der Waals surface area contributed by atoms with Gasteiger partial charge < -0.3 is 10.2 Å². The van der Waals surface area contributed by atoms with Crippen molar-refractivity contribution >= 4 is 5.69 Å². The Labute approximate surface area is 149 Å². The second-order valence-corrected chi connectivity index (χ2v) is 8.92. The average Bonchev–Trinajstić information content (AvgIpc) is 3.18. The molecule has 1 N–H and O–H groups in total. The minimum atomic E-state index is 0.179. The first-order chi connectivity index (χ1) is 11.4. The van der Waals surface area contributed by atoms with Crippen LogP contribution in [0.4, 0.5) is 5.69 Å². The zero-order valence-electron chi connectivity index (χ0n) is 16.4. The lowest BCUT2D eigenvalue weighted by Gasteiger charge is -2.37. The molecule has 0 bridgehead atoms. The number of hydrogen-bond donors (Lipinski definition) is 1. The Kier molecular flexibility index (Phi) is 4.97. The molecule has 0 atom stereocenters. The van der Waals surface area contributed by atoms with E-state index < -0.39 is 0 Å². The predicted molar refractivity (Wildman–Crippen MR) is 105 cm³/mol. The van der Waals surface area contributed by atoms with Crippen molar-refractivity contribution < 1.29 is 0 Å². The maximum atomic E-state index is 3.85. The molecular formula is C22H36N2. The fourth-order valence-electron chi connectivity index (χ4n) is 4.85. The van der Waals surface area contributed by atoms with Gasteiger partial charge in [0.1, 0.15) is 0 Å². The molecule has 0 radical (unpaired) electrons. The summed E-state index contributed by atoms with van der Waals surface area (Å²) in [6.45, 7) is 14.0. The van der Waals surface area contributed by atoms with E-state index in [1.807, 2.05) is 0 Å². The normalized spacial score (nSPS) is 20.6. The summed E-state index contributed by atoms with van der Waals surface area (Å²) in [5.74, 6) is 0. The molecule has 1 heterocycles. The summed E-state index contributed by atoms with van der Waals surface area (Å²) in [5.41, 5.74) is 5.15. The average molecular weight is 329 g/mol. The third-order valence-electron chi connectivity index (χ3n) is 6.51. The molecule has 1 aliphatic heterocycles. The van der Waals surface area contributed by atoms with Crippen LogP contribution in [0.3, 0.4) is 0 Å². The monoisotopic (exact) mass is 328 g/mol. The zero-order chi connectivity index (χ0) is 17.4. The lowest BCUT2D eigenvalue weighted by atomic mass is 9.75. The van der Waals surface area contributed by atoms with Crippen molar-refractivity contribution in [2.24, 2.45) is 0 Å². The second kappa shape index (κ2) is 6.71. The van der Waals surface area contributed by atoms with E-state index in [9.17, 15) is 0 Å². The van der Waals surface area contributed by atoms with Gasteiger partial charge in [0.05, 0.1) is 0 Å². The minimum Gasteiger partial charge on any atom is -0.366 e. The Hall–Kier alpha value is -1.02. The van der Waals surface area contributed by atoms with Gasteiger partial charge in [0.25, 0.3) is 0 Å². The van der Waals surface area contributed by atoms with Crippen molar-refractivity contribution in [2.45, 2.75) is 96.7 Å². The molecule has 2 nitrogen and oxygen atoms in total. The first-order valence-electron chi connectivity index (χ1n) is 10.0. The van der Waals surface area contributed by atoms with Gasteiger partial charge in [-0.2, -0.15) is 0 Å². The molecule has 24 heavy (non-hydrogen) atoms. The molecule has 2 heteroatoms. The molecule has 0 amide bonds. The van der Waals surface area contributed by atoms with Crippen LogP contribution in [0.1, 0.15) is 84.3 Å². The molecule has 1 saturated carbocycles. The minimum absolute atomic E-state index is 0.179. The van der Waals surface area contributed by atoms with Crippen molar-refractivity contribution in [1.82, 2.24) is 5.32 Å². The Morgan fingerprint density at radius 2 is 1.79 bits per heavy atom. The molecule has 134 valence electrons. The summed E-state index contributed by atoms with van der Waals surface area (Å²) in [4.78, 5) is 2.65. The van der Waals surface area contributed by atoms with Gasteiger partial charge in [-0.3, -0.25) is 0 Å². The van der Waals surface area contributed by atoms with Crippen molar-refractivity contribution in [2.75, 3.05) is 11.4 Å². The van der Waals surface area contributed by atoms with Crippen LogP contribution in [0.5, 0.6) is 0 Å². The number of nitrogens with one attached hydrogen (secondary N) is 1. The quantitative estimate of drug-likeness (QED) is 0.779. The van der Waals surface area contributed by atoms with E-state index in [2.05, 4.69) is 63.0 Å². The smallest absolute Gasteiger partial charge is 0.0413 e. The fraction of sp³-hybridized carbons (Fsp3) is 0.727. The Bertz CT molecular complexity index is 560. The van der Waals surface area contributed by atoms with Gasteiger partial charge >= 0.3 is 0 Å². The highest BCUT2D eigenvalue weighted by Crippen LogP contribution is 2.49. The van der Waals surface area contributed by atoms with Gasteiger partial charge in [0.2, 0.25) is 0 Å². The van der Waals surface area contributed by atoms with Gasteiger partial charge in [-0.15, -0.1) is 0 Å². The molecule has 1 aliphatic carbocycles. The van der Waals surface area contributed by atoms with Crippen molar-refractivity contribution in [3.8, 4) is 0 Å². The molecule has 0 spiro atoms. The van der Waals surface area contributed by atoms with Gasteiger partial charge in [-0.25, -0.2) is 0 Å². The highest BCUT2D eigenvalue weighted by Gasteiger charge is 2.44. The van der Waals surface area contributed by atoms with Gasteiger partial charge in [-0.05, 0) is 63.6 Å². The first-order valence-corrected chi connectivity index (χ1v) is 10.0. The van der Waals surface area contributed by atoms with Crippen LogP contribution in [-0.4, -0.2) is 18.1 Å². The Morgan fingerprint density at radius 1 is 1.12 bits per heavy atom. The molecule has 1 fully saturated rings. The van der Waals surface area contributed by atoms with Gasteiger partial charge in [-0.1, -0.05) is 38.8 Å². The van der Waals surface area contributed by atoms with E-state index >= 15 is 0 Å². The Balaban J connectivity index is 1.96. The van der Waals surface area contributed by atoms with E-state index in [0.717, 1.165) is 12.6 Å². The number of nitrogens with zero attached hydrogens (tertiary/aromatic N) is 1. The summed E-state index contributed by atoms with van der Waals surface area (Å²) in [6.07, 6.45) is 7.96. The van der Waals surface area contributed by atoms with Crippen LogP contribution in [-0.2, 0) is 12.0 Å². The number of rotatable bonds is 5.